The molecule has 0 fully saturated rings. The van der Waals surface area contributed by atoms with E-state index < -0.39 is 21.9 Å². The summed E-state index contributed by atoms with van der Waals surface area (Å²) in [6.45, 7) is 0. The van der Waals surface area contributed by atoms with Gasteiger partial charge in [-0.3, -0.25) is 9.27 Å². The van der Waals surface area contributed by atoms with Gasteiger partial charge in [0.25, 0.3) is 0 Å². The number of thiophene rings is 1. The summed E-state index contributed by atoms with van der Waals surface area (Å²) in [6, 6.07) is 13.6. The maximum Gasteiger partial charge on any atom is 0.357 e. The Hall–Kier alpha value is -3.23. The molecule has 0 amide bonds. The lowest BCUT2D eigenvalue weighted by Crippen LogP contribution is -2.14. The SMILES string of the molecule is O=S(=O)(O)Nc1ccc(CC(Nc2nc(-c3ccc(F)cc3F)cs2)c2csc(-c3cccs3)n2)cc1. The average Bonchev–Trinajstić information content (AvgIpc) is 3.61. The first-order valence-corrected chi connectivity index (χ1v) is 14.8. The molecule has 5 aromatic rings. The Balaban J connectivity index is 1.41. The molecule has 5 rings (SSSR count). The molecule has 7 nitrogen and oxygen atoms in total. The minimum Gasteiger partial charge on any atom is -0.353 e. The van der Waals surface area contributed by atoms with E-state index in [-0.39, 0.29) is 17.3 Å². The van der Waals surface area contributed by atoms with Crippen molar-refractivity contribution in [2.75, 3.05) is 10.0 Å². The number of nitrogens with zero attached hydrogens (tertiary/aromatic N) is 2. The monoisotopic (exact) mass is 576 g/mol. The fourth-order valence-corrected chi connectivity index (χ4v) is 6.48. The number of anilines is 2. The Labute approximate surface area is 223 Å². The molecular weight excluding hydrogens is 559 g/mol. The topological polar surface area (TPSA) is 104 Å². The molecule has 3 N–H and O–H groups in total. The normalized spacial score (nSPS) is 12.4. The third-order valence-corrected chi connectivity index (χ3v) is 8.43. The molecule has 0 aliphatic carbocycles. The zero-order chi connectivity index (χ0) is 26.0. The molecule has 2 aromatic carbocycles. The molecule has 0 saturated heterocycles. The molecule has 1 atom stereocenters. The van der Waals surface area contributed by atoms with Crippen molar-refractivity contribution >= 4 is 55.1 Å². The van der Waals surface area contributed by atoms with Crippen molar-refractivity contribution in [2.24, 2.45) is 0 Å². The van der Waals surface area contributed by atoms with Gasteiger partial charge in [-0.2, -0.15) is 8.42 Å². The molecule has 3 aromatic heterocycles. The summed E-state index contributed by atoms with van der Waals surface area (Å²) in [5, 5.41) is 10.5. The lowest BCUT2D eigenvalue weighted by atomic mass is 10.0. The number of halogens is 2. The third kappa shape index (κ3) is 6.37. The van der Waals surface area contributed by atoms with E-state index in [4.69, 9.17) is 9.54 Å². The minimum absolute atomic E-state index is 0.206. The van der Waals surface area contributed by atoms with Crippen LogP contribution in [-0.2, 0) is 16.7 Å². The Morgan fingerprint density at radius 1 is 0.973 bits per heavy atom. The molecule has 1 unspecified atom stereocenters. The van der Waals surface area contributed by atoms with Gasteiger partial charge in [0.05, 0.1) is 28.0 Å². The van der Waals surface area contributed by atoms with Gasteiger partial charge in [-0.05, 0) is 47.7 Å². The lowest BCUT2D eigenvalue weighted by molar-refractivity contribution is 0.489. The van der Waals surface area contributed by atoms with E-state index in [0.717, 1.165) is 27.2 Å². The fourth-order valence-electron chi connectivity index (χ4n) is 3.59. The van der Waals surface area contributed by atoms with Gasteiger partial charge < -0.3 is 5.32 Å². The molecule has 0 radical (unpaired) electrons. The van der Waals surface area contributed by atoms with Gasteiger partial charge >= 0.3 is 10.3 Å². The van der Waals surface area contributed by atoms with Crippen molar-refractivity contribution in [2.45, 2.75) is 12.5 Å². The van der Waals surface area contributed by atoms with Crippen molar-refractivity contribution in [3.05, 3.63) is 93.6 Å². The molecule has 0 aliphatic heterocycles. The summed E-state index contributed by atoms with van der Waals surface area (Å²) in [5.41, 5.74) is 2.50. The van der Waals surface area contributed by atoms with E-state index in [1.165, 1.54) is 34.8 Å². The summed E-state index contributed by atoms with van der Waals surface area (Å²) < 4.78 is 60.8. The first kappa shape index (κ1) is 25.4. The van der Waals surface area contributed by atoms with Crippen LogP contribution in [0.25, 0.3) is 21.1 Å². The van der Waals surface area contributed by atoms with Gasteiger partial charge in [-0.15, -0.1) is 34.0 Å². The van der Waals surface area contributed by atoms with Crippen LogP contribution in [0.2, 0.25) is 0 Å². The first-order chi connectivity index (χ1) is 17.7. The number of nitrogens with one attached hydrogen (secondary N) is 2. The first-order valence-electron chi connectivity index (χ1n) is 10.7. The second kappa shape index (κ2) is 10.6. The zero-order valence-corrected chi connectivity index (χ0v) is 22.0. The van der Waals surface area contributed by atoms with Gasteiger partial charge in [-0.1, -0.05) is 18.2 Å². The van der Waals surface area contributed by atoms with Gasteiger partial charge in [-0.25, -0.2) is 18.7 Å². The number of thiazole rings is 2. The van der Waals surface area contributed by atoms with E-state index in [1.54, 1.807) is 41.0 Å². The van der Waals surface area contributed by atoms with Crippen LogP contribution in [0.5, 0.6) is 0 Å². The standard InChI is InChI=1S/C24H18F2N4O3S4/c25-15-5-8-17(18(26)11-15)20-12-36-24(29-20)28-19(21-13-35-23(27-21)22-2-1-9-34-22)10-14-3-6-16(7-4-14)30-37(31,32)33/h1-9,11-13,19,30H,10H2,(H,28,29)(H,31,32,33). The summed E-state index contributed by atoms with van der Waals surface area (Å²) in [6.07, 6.45) is 0.486. The van der Waals surface area contributed by atoms with Crippen molar-refractivity contribution in [3.63, 3.8) is 0 Å². The molecule has 37 heavy (non-hydrogen) atoms. The second-order valence-corrected chi connectivity index (χ2v) is 11.7. The smallest absolute Gasteiger partial charge is 0.353 e. The number of hydrogen-bond acceptors (Lipinski definition) is 8. The lowest BCUT2D eigenvalue weighted by Gasteiger charge is -2.17. The molecule has 0 saturated carbocycles. The maximum atomic E-state index is 14.3. The Morgan fingerprint density at radius 2 is 1.78 bits per heavy atom. The highest BCUT2D eigenvalue weighted by atomic mass is 32.2. The van der Waals surface area contributed by atoms with E-state index >= 15 is 0 Å². The second-order valence-electron chi connectivity index (χ2n) is 7.89. The van der Waals surface area contributed by atoms with Gasteiger partial charge in [0, 0.05) is 22.4 Å². The Kier molecular flexibility index (Phi) is 7.31. The van der Waals surface area contributed by atoms with E-state index in [0.29, 0.717) is 17.2 Å². The van der Waals surface area contributed by atoms with Crippen molar-refractivity contribution in [3.8, 4) is 21.1 Å². The van der Waals surface area contributed by atoms with Crippen molar-refractivity contribution < 1.29 is 21.8 Å². The zero-order valence-electron chi connectivity index (χ0n) is 18.8. The van der Waals surface area contributed by atoms with Crippen molar-refractivity contribution in [1.82, 2.24) is 9.97 Å². The summed E-state index contributed by atoms with van der Waals surface area (Å²) >= 11 is 4.42. The number of rotatable bonds is 9. The molecule has 0 aliphatic rings. The summed E-state index contributed by atoms with van der Waals surface area (Å²) in [7, 11) is -4.37. The highest BCUT2D eigenvalue weighted by molar-refractivity contribution is 7.87. The fraction of sp³-hybridized carbons (Fsp3) is 0.0833. The van der Waals surface area contributed by atoms with Crippen LogP contribution in [0, 0.1) is 11.6 Å². The molecule has 3 heterocycles. The molecule has 0 bridgehead atoms. The van der Waals surface area contributed by atoms with Crippen LogP contribution in [0.3, 0.4) is 0 Å². The largest absolute Gasteiger partial charge is 0.357 e. The summed E-state index contributed by atoms with van der Waals surface area (Å²) in [4.78, 5) is 10.4. The quantitative estimate of drug-likeness (QED) is 0.165. The molecule has 0 spiro atoms. The summed E-state index contributed by atoms with van der Waals surface area (Å²) in [5.74, 6) is -1.34. The Morgan fingerprint density at radius 3 is 2.49 bits per heavy atom. The average molecular weight is 577 g/mol. The predicted molar refractivity (Wildman–Crippen MR) is 145 cm³/mol. The van der Waals surface area contributed by atoms with E-state index in [1.807, 2.05) is 27.6 Å². The van der Waals surface area contributed by atoms with Gasteiger partial charge in [0.2, 0.25) is 0 Å². The highest BCUT2D eigenvalue weighted by Gasteiger charge is 2.20. The number of benzene rings is 2. The van der Waals surface area contributed by atoms with E-state index in [2.05, 4.69) is 10.3 Å². The van der Waals surface area contributed by atoms with Crippen LogP contribution in [0.15, 0.2) is 70.7 Å². The van der Waals surface area contributed by atoms with Crippen molar-refractivity contribution in [1.29, 1.82) is 0 Å². The molecule has 190 valence electrons. The number of aromatic nitrogens is 2. The predicted octanol–water partition coefficient (Wildman–Crippen LogP) is 6.88. The van der Waals surface area contributed by atoms with Crippen LogP contribution in [0.4, 0.5) is 19.6 Å². The molecular formula is C24H18F2N4O3S4. The highest BCUT2D eigenvalue weighted by Crippen LogP contribution is 2.34. The van der Waals surface area contributed by atoms with Gasteiger partial charge in [0.15, 0.2) is 5.13 Å². The molecule has 13 heteroatoms. The van der Waals surface area contributed by atoms with Crippen LogP contribution < -0.4 is 10.0 Å². The van der Waals surface area contributed by atoms with Crippen LogP contribution in [-0.4, -0.2) is 22.9 Å². The number of hydrogen-bond donors (Lipinski definition) is 3. The maximum absolute atomic E-state index is 14.3. The van der Waals surface area contributed by atoms with Crippen LogP contribution in [0.1, 0.15) is 17.3 Å². The van der Waals surface area contributed by atoms with Gasteiger partial charge in [0.1, 0.15) is 16.6 Å². The van der Waals surface area contributed by atoms with Crippen LogP contribution >= 0.6 is 34.0 Å². The Bertz CT molecular complexity index is 1620. The minimum atomic E-state index is -4.37. The third-order valence-electron chi connectivity index (χ3n) is 5.26. The van der Waals surface area contributed by atoms with E-state index in [9.17, 15) is 17.2 Å².